The topological polar surface area (TPSA) is 62.1 Å². The minimum Gasteiger partial charge on any atom is -0.249 e. The van der Waals surface area contributed by atoms with Crippen LogP contribution < -0.4 is 5.01 Å². The van der Waals surface area contributed by atoms with Crippen LogP contribution in [0.3, 0.4) is 0 Å². The molecule has 0 aliphatic heterocycles. The van der Waals surface area contributed by atoms with Gasteiger partial charge in [-0.15, -0.1) is 0 Å². The predicted molar refractivity (Wildman–Crippen MR) is 73.3 cm³/mol. The van der Waals surface area contributed by atoms with Gasteiger partial charge in [-0.25, -0.2) is 5.01 Å². The molecule has 2 aromatic rings. The van der Waals surface area contributed by atoms with Crippen LogP contribution in [0.4, 0.5) is 5.69 Å². The number of sulfonamides is 1. The van der Waals surface area contributed by atoms with Gasteiger partial charge in [-0.2, -0.15) is 8.42 Å². The molecule has 0 atom stereocenters. The Labute approximate surface area is 112 Å². The van der Waals surface area contributed by atoms with E-state index in [0.717, 1.165) is 5.69 Å². The van der Waals surface area contributed by atoms with Crippen molar-refractivity contribution in [3.8, 4) is 0 Å². The maximum Gasteiger partial charge on any atom is 0.301 e. The molecule has 0 saturated carbocycles. The number of para-hydroxylation sites is 1. The Morgan fingerprint density at radius 3 is 2.00 bits per heavy atom. The van der Waals surface area contributed by atoms with Crippen LogP contribution in [0.1, 0.15) is 0 Å². The van der Waals surface area contributed by atoms with Crippen molar-refractivity contribution in [1.29, 1.82) is 0 Å². The molecule has 19 heavy (non-hydrogen) atoms. The van der Waals surface area contributed by atoms with Crippen LogP contribution in [0.25, 0.3) is 0 Å². The molecular weight excluding hydrogens is 262 g/mol. The number of rotatable bonds is 4. The number of hydrogen-bond acceptors (Lipinski definition) is 3. The van der Waals surface area contributed by atoms with Gasteiger partial charge in [0.2, 0.25) is 0 Å². The molecule has 0 aliphatic rings. The van der Waals surface area contributed by atoms with Gasteiger partial charge in [-0.3, -0.25) is 0 Å². The SMILES string of the molecule is CN(N=NS(=O)(=O)c1ccccc1)c1ccccc1. The minimum absolute atomic E-state index is 0.125. The summed E-state index contributed by atoms with van der Waals surface area (Å²) in [4.78, 5) is 0.125. The third-order valence-electron chi connectivity index (χ3n) is 2.45. The van der Waals surface area contributed by atoms with Crippen molar-refractivity contribution in [1.82, 2.24) is 0 Å². The Morgan fingerprint density at radius 2 is 1.42 bits per heavy atom. The van der Waals surface area contributed by atoms with E-state index < -0.39 is 10.0 Å². The zero-order chi connectivity index (χ0) is 13.7. The summed E-state index contributed by atoms with van der Waals surface area (Å²) in [5.41, 5.74) is 0.759. The van der Waals surface area contributed by atoms with Gasteiger partial charge >= 0.3 is 10.0 Å². The van der Waals surface area contributed by atoms with Gasteiger partial charge in [0.15, 0.2) is 0 Å². The van der Waals surface area contributed by atoms with Crippen molar-refractivity contribution in [3.63, 3.8) is 0 Å². The first kappa shape index (κ1) is 13.2. The molecule has 0 heterocycles. The molecule has 0 saturated heterocycles. The van der Waals surface area contributed by atoms with Crippen molar-refractivity contribution >= 4 is 15.7 Å². The van der Waals surface area contributed by atoms with E-state index in [4.69, 9.17) is 0 Å². The summed E-state index contributed by atoms with van der Waals surface area (Å²) >= 11 is 0. The summed E-state index contributed by atoms with van der Waals surface area (Å²) in [7, 11) is -2.11. The summed E-state index contributed by atoms with van der Waals surface area (Å²) in [5.74, 6) is 0. The van der Waals surface area contributed by atoms with Crippen molar-refractivity contribution in [2.24, 2.45) is 9.74 Å². The van der Waals surface area contributed by atoms with Crippen LogP contribution in [0, 0.1) is 0 Å². The van der Waals surface area contributed by atoms with Crippen LogP contribution in [-0.4, -0.2) is 15.5 Å². The largest absolute Gasteiger partial charge is 0.301 e. The second-order valence-electron chi connectivity index (χ2n) is 3.82. The minimum atomic E-state index is -3.75. The van der Waals surface area contributed by atoms with E-state index in [0.29, 0.717) is 0 Å². The van der Waals surface area contributed by atoms with E-state index in [-0.39, 0.29) is 4.90 Å². The van der Waals surface area contributed by atoms with E-state index in [1.165, 1.54) is 17.1 Å². The van der Waals surface area contributed by atoms with Crippen molar-refractivity contribution in [2.45, 2.75) is 4.90 Å². The summed E-state index contributed by atoms with van der Waals surface area (Å²) in [6.07, 6.45) is 0. The fourth-order valence-corrected chi connectivity index (χ4v) is 2.24. The first-order valence-electron chi connectivity index (χ1n) is 5.61. The average molecular weight is 275 g/mol. The summed E-state index contributed by atoms with van der Waals surface area (Å²) in [6.45, 7) is 0. The Balaban J connectivity index is 2.19. The summed E-state index contributed by atoms with van der Waals surface area (Å²) < 4.78 is 27.2. The molecule has 0 N–H and O–H groups in total. The lowest BCUT2D eigenvalue weighted by molar-refractivity contribution is 0.594. The zero-order valence-corrected chi connectivity index (χ0v) is 11.2. The van der Waals surface area contributed by atoms with Gasteiger partial charge in [0.05, 0.1) is 10.6 Å². The molecular formula is C13H13N3O2S. The normalized spacial score (nSPS) is 11.6. The number of anilines is 1. The second-order valence-corrected chi connectivity index (χ2v) is 5.40. The molecule has 2 rings (SSSR count). The average Bonchev–Trinajstić information content (AvgIpc) is 2.47. The van der Waals surface area contributed by atoms with Gasteiger partial charge in [0, 0.05) is 7.05 Å². The summed E-state index contributed by atoms with van der Waals surface area (Å²) in [5, 5.41) is 5.12. The predicted octanol–water partition coefficient (Wildman–Crippen LogP) is 2.88. The van der Waals surface area contributed by atoms with E-state index in [1.807, 2.05) is 30.3 Å². The van der Waals surface area contributed by atoms with Crippen LogP contribution in [-0.2, 0) is 10.0 Å². The van der Waals surface area contributed by atoms with Crippen molar-refractivity contribution < 1.29 is 8.42 Å². The van der Waals surface area contributed by atoms with Crippen molar-refractivity contribution in [2.75, 3.05) is 12.1 Å². The highest BCUT2D eigenvalue weighted by molar-refractivity contribution is 7.90. The zero-order valence-electron chi connectivity index (χ0n) is 10.3. The van der Waals surface area contributed by atoms with Crippen LogP contribution in [0.15, 0.2) is 75.3 Å². The Kier molecular flexibility index (Phi) is 3.91. The van der Waals surface area contributed by atoms with E-state index in [1.54, 1.807) is 25.2 Å². The molecule has 0 spiro atoms. The van der Waals surface area contributed by atoms with Gasteiger partial charge in [-0.1, -0.05) is 41.6 Å². The number of benzene rings is 2. The molecule has 0 bridgehead atoms. The Hall–Kier alpha value is -2.21. The lowest BCUT2D eigenvalue weighted by atomic mass is 10.3. The molecule has 0 aliphatic carbocycles. The summed E-state index contributed by atoms with van der Waals surface area (Å²) in [6, 6.07) is 17.2. The highest BCUT2D eigenvalue weighted by Gasteiger charge is 2.12. The van der Waals surface area contributed by atoms with Gasteiger partial charge in [0.1, 0.15) is 0 Å². The lowest BCUT2D eigenvalue weighted by Gasteiger charge is -2.10. The third-order valence-corrected chi connectivity index (χ3v) is 3.60. The van der Waals surface area contributed by atoms with Gasteiger partial charge < -0.3 is 0 Å². The monoisotopic (exact) mass is 275 g/mol. The van der Waals surface area contributed by atoms with Gasteiger partial charge in [0.25, 0.3) is 0 Å². The maximum atomic E-state index is 11.9. The lowest BCUT2D eigenvalue weighted by Crippen LogP contribution is -2.08. The molecule has 5 nitrogen and oxygen atoms in total. The molecule has 2 aromatic carbocycles. The molecule has 6 heteroatoms. The van der Waals surface area contributed by atoms with Crippen LogP contribution in [0.5, 0.6) is 0 Å². The van der Waals surface area contributed by atoms with Crippen LogP contribution in [0.2, 0.25) is 0 Å². The Morgan fingerprint density at radius 1 is 0.895 bits per heavy atom. The Bertz CT molecular complexity index is 655. The fraction of sp³-hybridized carbons (Fsp3) is 0.0769. The second kappa shape index (κ2) is 5.62. The third kappa shape index (κ3) is 3.38. The smallest absolute Gasteiger partial charge is 0.249 e. The molecule has 0 radical (unpaired) electrons. The number of nitrogens with zero attached hydrogens (tertiary/aromatic N) is 3. The first-order chi connectivity index (χ1) is 9.09. The quantitative estimate of drug-likeness (QED) is 0.636. The van der Waals surface area contributed by atoms with Crippen molar-refractivity contribution in [3.05, 3.63) is 60.7 Å². The molecule has 0 aromatic heterocycles. The van der Waals surface area contributed by atoms with Gasteiger partial charge in [-0.05, 0) is 28.8 Å². The highest BCUT2D eigenvalue weighted by atomic mass is 32.2. The first-order valence-corrected chi connectivity index (χ1v) is 7.05. The molecule has 0 amide bonds. The maximum absolute atomic E-state index is 11.9. The van der Waals surface area contributed by atoms with Crippen LogP contribution >= 0.6 is 0 Å². The number of hydrogen-bond donors (Lipinski definition) is 0. The van der Waals surface area contributed by atoms with E-state index in [2.05, 4.69) is 9.74 Å². The molecule has 98 valence electrons. The molecule has 0 fully saturated rings. The fourth-order valence-electron chi connectivity index (χ4n) is 1.44. The molecule has 0 unspecified atom stereocenters. The van der Waals surface area contributed by atoms with E-state index >= 15 is 0 Å². The highest BCUT2D eigenvalue weighted by Crippen LogP contribution is 2.15. The standard InChI is InChI=1S/C13H13N3O2S/c1-16(12-8-4-2-5-9-12)14-15-19(17,18)13-10-6-3-7-11-13/h2-11H,1H3. The van der Waals surface area contributed by atoms with E-state index in [9.17, 15) is 8.42 Å².